The molecule has 0 saturated carbocycles. The van der Waals surface area contributed by atoms with Crippen LogP contribution in [0.5, 0.6) is 5.75 Å². The number of hydrogen-bond acceptors (Lipinski definition) is 3. The van der Waals surface area contributed by atoms with E-state index in [4.69, 9.17) is 9.47 Å². The summed E-state index contributed by atoms with van der Waals surface area (Å²) in [6, 6.07) is 7.99. The van der Waals surface area contributed by atoms with E-state index in [1.165, 1.54) is 0 Å². The highest BCUT2D eigenvalue weighted by Gasteiger charge is 2.04. The molecule has 1 aromatic rings. The number of hydrogen-bond donors (Lipinski definition) is 2. The maximum atomic E-state index is 5.65. The zero-order valence-electron chi connectivity index (χ0n) is 13.3. The molecule has 0 spiro atoms. The lowest BCUT2D eigenvalue weighted by atomic mass is 10.3. The Morgan fingerprint density at radius 2 is 2.18 bits per heavy atom. The van der Waals surface area contributed by atoms with Crippen LogP contribution in [0.4, 0.5) is 0 Å². The summed E-state index contributed by atoms with van der Waals surface area (Å²) in [6.07, 6.45) is 0. The Morgan fingerprint density at radius 1 is 1.41 bits per heavy atom. The molecule has 126 valence electrons. The van der Waals surface area contributed by atoms with E-state index in [1.54, 1.807) is 7.11 Å². The molecule has 1 aromatic carbocycles. The van der Waals surface area contributed by atoms with Gasteiger partial charge in [-0.05, 0) is 32.0 Å². The molecule has 1 unspecified atom stereocenters. The van der Waals surface area contributed by atoms with Crippen molar-refractivity contribution in [2.24, 2.45) is 4.99 Å². The van der Waals surface area contributed by atoms with Gasteiger partial charge in [-0.25, -0.2) is 4.99 Å². The zero-order valence-corrected chi connectivity index (χ0v) is 17.2. The maximum absolute atomic E-state index is 5.65. The molecule has 0 fully saturated rings. The van der Waals surface area contributed by atoms with Crippen LogP contribution in [0.2, 0.25) is 0 Å². The van der Waals surface area contributed by atoms with E-state index < -0.39 is 0 Å². The van der Waals surface area contributed by atoms with Crippen molar-refractivity contribution >= 4 is 45.9 Å². The first kappa shape index (κ1) is 21.5. The lowest BCUT2D eigenvalue weighted by Gasteiger charge is -2.17. The Balaban J connectivity index is 0.00000441. The molecule has 0 bridgehead atoms. The second-order valence-electron chi connectivity index (χ2n) is 4.57. The van der Waals surface area contributed by atoms with Crippen LogP contribution in [0, 0.1) is 0 Å². The van der Waals surface area contributed by atoms with E-state index in [0.717, 1.165) is 22.7 Å². The fraction of sp³-hybridized carbons (Fsp3) is 0.533. The lowest BCUT2D eigenvalue weighted by Crippen LogP contribution is -2.44. The highest BCUT2D eigenvalue weighted by atomic mass is 127. The van der Waals surface area contributed by atoms with E-state index >= 15 is 0 Å². The van der Waals surface area contributed by atoms with E-state index in [-0.39, 0.29) is 30.0 Å². The lowest BCUT2D eigenvalue weighted by molar-refractivity contribution is 0.179. The Labute approximate surface area is 158 Å². The molecule has 0 aliphatic rings. The number of benzene rings is 1. The van der Waals surface area contributed by atoms with E-state index in [0.29, 0.717) is 19.8 Å². The van der Waals surface area contributed by atoms with Gasteiger partial charge in [-0.15, -0.1) is 24.0 Å². The predicted molar refractivity (Wildman–Crippen MR) is 106 cm³/mol. The van der Waals surface area contributed by atoms with Gasteiger partial charge in [0.25, 0.3) is 0 Å². The number of nitrogens with one attached hydrogen (secondary N) is 2. The number of aliphatic imine (C=N–C) groups is 1. The van der Waals surface area contributed by atoms with Gasteiger partial charge in [-0.2, -0.15) is 0 Å². The molecule has 0 aliphatic heterocycles. The van der Waals surface area contributed by atoms with Crippen LogP contribution in [-0.2, 0) is 4.74 Å². The van der Waals surface area contributed by atoms with Crippen LogP contribution in [0.3, 0.4) is 0 Å². The predicted octanol–water partition coefficient (Wildman–Crippen LogP) is 3.04. The monoisotopic (exact) mass is 485 g/mol. The van der Waals surface area contributed by atoms with Gasteiger partial charge in [0.15, 0.2) is 5.96 Å². The van der Waals surface area contributed by atoms with Crippen molar-refractivity contribution in [3.8, 4) is 5.75 Å². The third kappa shape index (κ3) is 9.47. The van der Waals surface area contributed by atoms with Gasteiger partial charge in [0.05, 0.1) is 13.2 Å². The van der Waals surface area contributed by atoms with Crippen LogP contribution in [0.25, 0.3) is 0 Å². The second-order valence-corrected chi connectivity index (χ2v) is 5.48. The molecule has 1 rings (SSSR count). The zero-order chi connectivity index (χ0) is 15.5. The highest BCUT2D eigenvalue weighted by Crippen LogP contribution is 2.17. The summed E-state index contributed by atoms with van der Waals surface area (Å²) in [4.78, 5) is 4.48. The van der Waals surface area contributed by atoms with Crippen LogP contribution in [0.15, 0.2) is 33.7 Å². The van der Waals surface area contributed by atoms with Gasteiger partial charge in [0.2, 0.25) is 0 Å². The Morgan fingerprint density at radius 3 is 2.82 bits per heavy atom. The van der Waals surface area contributed by atoms with Gasteiger partial charge < -0.3 is 20.1 Å². The molecule has 5 nitrogen and oxygen atoms in total. The van der Waals surface area contributed by atoms with E-state index in [2.05, 4.69) is 31.6 Å². The van der Waals surface area contributed by atoms with Crippen LogP contribution in [0.1, 0.15) is 13.8 Å². The minimum absolute atomic E-state index is 0. The SMILES string of the molecule is CCNC(=NCCOc1cccc(Br)c1)NC(C)COC.I. The van der Waals surface area contributed by atoms with E-state index in [1.807, 2.05) is 38.1 Å². The fourth-order valence-electron chi connectivity index (χ4n) is 1.72. The van der Waals surface area contributed by atoms with Gasteiger partial charge in [0.1, 0.15) is 12.4 Å². The summed E-state index contributed by atoms with van der Waals surface area (Å²) in [7, 11) is 1.69. The molecule has 0 aliphatic carbocycles. The fourth-order valence-corrected chi connectivity index (χ4v) is 2.10. The van der Waals surface area contributed by atoms with Crippen LogP contribution < -0.4 is 15.4 Å². The minimum atomic E-state index is 0. The average molecular weight is 486 g/mol. The number of methoxy groups -OCH3 is 1. The standard InChI is InChI=1S/C15H24BrN3O2.HI/c1-4-17-15(19-12(2)11-20-3)18-8-9-21-14-7-5-6-13(16)10-14;/h5-7,10,12H,4,8-9,11H2,1-3H3,(H2,17,18,19);1H. The Kier molecular flexibility index (Phi) is 12.6. The first-order valence-corrected chi connectivity index (χ1v) is 7.87. The van der Waals surface area contributed by atoms with E-state index in [9.17, 15) is 0 Å². The summed E-state index contributed by atoms with van der Waals surface area (Å²) >= 11 is 3.42. The van der Waals surface area contributed by atoms with Crippen LogP contribution in [-0.4, -0.2) is 45.4 Å². The molecular formula is C15H25BrIN3O2. The quantitative estimate of drug-likeness (QED) is 0.257. The van der Waals surface area contributed by atoms with Gasteiger partial charge in [-0.1, -0.05) is 22.0 Å². The number of halogens is 2. The average Bonchev–Trinajstić information content (AvgIpc) is 2.44. The summed E-state index contributed by atoms with van der Waals surface area (Å²) < 4.78 is 11.8. The first-order chi connectivity index (χ1) is 10.2. The summed E-state index contributed by atoms with van der Waals surface area (Å²) in [5.41, 5.74) is 0. The Bertz CT molecular complexity index is 447. The van der Waals surface area contributed by atoms with Crippen molar-refractivity contribution in [2.45, 2.75) is 19.9 Å². The first-order valence-electron chi connectivity index (χ1n) is 7.07. The second kappa shape index (κ2) is 13.0. The van der Waals surface area contributed by atoms with Crippen molar-refractivity contribution in [3.05, 3.63) is 28.7 Å². The minimum Gasteiger partial charge on any atom is -0.492 e. The molecular weight excluding hydrogens is 461 g/mol. The van der Waals surface area contributed by atoms with Gasteiger partial charge in [-0.3, -0.25) is 0 Å². The summed E-state index contributed by atoms with van der Waals surface area (Å²) in [5, 5.41) is 6.48. The van der Waals surface area contributed by atoms with Crippen molar-refractivity contribution in [3.63, 3.8) is 0 Å². The number of ether oxygens (including phenoxy) is 2. The van der Waals surface area contributed by atoms with Crippen molar-refractivity contribution in [1.29, 1.82) is 0 Å². The molecule has 0 aromatic heterocycles. The summed E-state index contributed by atoms with van der Waals surface area (Å²) in [5.74, 6) is 1.62. The number of guanidine groups is 1. The van der Waals surface area contributed by atoms with Crippen molar-refractivity contribution in [2.75, 3.05) is 33.4 Å². The third-order valence-corrected chi connectivity index (χ3v) is 3.06. The smallest absolute Gasteiger partial charge is 0.191 e. The molecule has 0 amide bonds. The largest absolute Gasteiger partial charge is 0.492 e. The van der Waals surface area contributed by atoms with Gasteiger partial charge in [0, 0.05) is 24.2 Å². The normalized spacial score (nSPS) is 12.3. The molecule has 0 saturated heterocycles. The highest BCUT2D eigenvalue weighted by molar-refractivity contribution is 14.0. The molecule has 0 heterocycles. The van der Waals surface area contributed by atoms with Crippen molar-refractivity contribution in [1.82, 2.24) is 10.6 Å². The molecule has 0 radical (unpaired) electrons. The molecule has 7 heteroatoms. The van der Waals surface area contributed by atoms with Gasteiger partial charge >= 0.3 is 0 Å². The number of rotatable bonds is 8. The summed E-state index contributed by atoms with van der Waals surface area (Å²) in [6.45, 7) is 6.66. The van der Waals surface area contributed by atoms with Crippen LogP contribution >= 0.6 is 39.9 Å². The molecule has 22 heavy (non-hydrogen) atoms. The topological polar surface area (TPSA) is 54.9 Å². The Hall–Kier alpha value is -0.540. The van der Waals surface area contributed by atoms with Crippen molar-refractivity contribution < 1.29 is 9.47 Å². The number of nitrogens with zero attached hydrogens (tertiary/aromatic N) is 1. The maximum Gasteiger partial charge on any atom is 0.191 e. The third-order valence-electron chi connectivity index (χ3n) is 2.57. The molecule has 2 N–H and O–H groups in total. The molecule has 1 atom stereocenters.